The van der Waals surface area contributed by atoms with Crippen molar-refractivity contribution in [2.75, 3.05) is 21.3 Å². The summed E-state index contributed by atoms with van der Waals surface area (Å²) in [6.45, 7) is 0.0702. The minimum Gasteiger partial charge on any atom is -0.493 e. The monoisotopic (exact) mass is 337 g/mol. The summed E-state index contributed by atoms with van der Waals surface area (Å²) in [5, 5.41) is 0. The Labute approximate surface area is 136 Å². The zero-order valence-corrected chi connectivity index (χ0v) is 14.0. The Morgan fingerprint density at radius 2 is 1.52 bits per heavy atom. The van der Waals surface area contributed by atoms with Crippen molar-refractivity contribution in [2.45, 2.75) is 11.4 Å². The molecule has 0 amide bonds. The van der Waals surface area contributed by atoms with Crippen LogP contribution in [0.3, 0.4) is 0 Å². The van der Waals surface area contributed by atoms with Gasteiger partial charge in [0.25, 0.3) is 0 Å². The van der Waals surface area contributed by atoms with E-state index in [1.54, 1.807) is 30.3 Å². The summed E-state index contributed by atoms with van der Waals surface area (Å²) in [5.41, 5.74) is 0.643. The molecule has 0 aliphatic heterocycles. The van der Waals surface area contributed by atoms with Gasteiger partial charge in [-0.05, 0) is 18.2 Å². The van der Waals surface area contributed by atoms with Gasteiger partial charge in [-0.25, -0.2) is 13.1 Å². The number of methoxy groups -OCH3 is 3. The molecule has 0 radical (unpaired) electrons. The molecule has 2 rings (SSSR count). The lowest BCUT2D eigenvalue weighted by Gasteiger charge is -2.16. The molecular formula is C16H19NO5S. The van der Waals surface area contributed by atoms with Crippen LogP contribution in [0.1, 0.15) is 5.56 Å². The van der Waals surface area contributed by atoms with E-state index in [0.717, 1.165) is 0 Å². The second-order valence-corrected chi connectivity index (χ2v) is 6.40. The number of rotatable bonds is 7. The van der Waals surface area contributed by atoms with Gasteiger partial charge in [-0.2, -0.15) is 0 Å². The molecule has 2 aromatic rings. The van der Waals surface area contributed by atoms with E-state index in [1.165, 1.54) is 33.5 Å². The molecule has 0 aromatic heterocycles. The van der Waals surface area contributed by atoms with Gasteiger partial charge in [-0.1, -0.05) is 24.3 Å². The molecule has 0 saturated heterocycles. The maximum absolute atomic E-state index is 12.3. The summed E-state index contributed by atoms with van der Waals surface area (Å²) in [4.78, 5) is 0.208. The second-order valence-electron chi connectivity index (χ2n) is 4.63. The average molecular weight is 337 g/mol. The third kappa shape index (κ3) is 3.75. The van der Waals surface area contributed by atoms with Gasteiger partial charge in [-0.15, -0.1) is 0 Å². The van der Waals surface area contributed by atoms with Gasteiger partial charge < -0.3 is 14.2 Å². The van der Waals surface area contributed by atoms with Crippen LogP contribution in [0, 0.1) is 0 Å². The number of nitrogens with one attached hydrogen (secondary N) is 1. The Morgan fingerprint density at radius 3 is 2.09 bits per heavy atom. The van der Waals surface area contributed by atoms with Crippen molar-refractivity contribution in [2.24, 2.45) is 0 Å². The van der Waals surface area contributed by atoms with Crippen molar-refractivity contribution in [3.8, 4) is 17.2 Å². The molecule has 1 N–H and O–H groups in total. The quantitative estimate of drug-likeness (QED) is 0.838. The molecule has 6 nitrogen and oxygen atoms in total. The van der Waals surface area contributed by atoms with Gasteiger partial charge in [0.05, 0.1) is 26.2 Å². The van der Waals surface area contributed by atoms with Crippen molar-refractivity contribution < 1.29 is 22.6 Å². The Balaban J connectivity index is 2.27. The first-order valence-corrected chi connectivity index (χ1v) is 8.34. The first-order valence-electron chi connectivity index (χ1n) is 6.86. The lowest BCUT2D eigenvalue weighted by atomic mass is 10.1. The van der Waals surface area contributed by atoms with E-state index >= 15 is 0 Å². The molecule has 2 aromatic carbocycles. The second kappa shape index (κ2) is 7.34. The Kier molecular flexibility index (Phi) is 5.46. The highest BCUT2D eigenvalue weighted by molar-refractivity contribution is 7.89. The molecule has 0 atom stereocenters. The van der Waals surface area contributed by atoms with Gasteiger partial charge in [0, 0.05) is 12.1 Å². The van der Waals surface area contributed by atoms with E-state index in [-0.39, 0.29) is 11.4 Å². The van der Waals surface area contributed by atoms with Gasteiger partial charge in [0.15, 0.2) is 11.5 Å². The first kappa shape index (κ1) is 17.1. The fourth-order valence-corrected chi connectivity index (χ4v) is 3.19. The van der Waals surface area contributed by atoms with Crippen molar-refractivity contribution in [3.05, 3.63) is 48.0 Å². The van der Waals surface area contributed by atoms with Crippen LogP contribution in [0.5, 0.6) is 17.2 Å². The standard InChI is InChI=1S/C16H19NO5S/c1-20-14-10-9-12(15(21-2)16(14)22-3)11-17-23(18,19)13-7-5-4-6-8-13/h4-10,17H,11H2,1-3H3. The van der Waals surface area contributed by atoms with Crippen LogP contribution in [0.25, 0.3) is 0 Å². The zero-order valence-electron chi connectivity index (χ0n) is 13.2. The van der Waals surface area contributed by atoms with Crippen LogP contribution in [0.15, 0.2) is 47.4 Å². The molecule has 0 unspecified atom stereocenters. The Bertz CT molecular complexity index is 760. The minimum atomic E-state index is -3.60. The molecule has 124 valence electrons. The topological polar surface area (TPSA) is 73.9 Å². The van der Waals surface area contributed by atoms with Crippen molar-refractivity contribution in [3.63, 3.8) is 0 Å². The molecule has 0 aliphatic rings. The van der Waals surface area contributed by atoms with E-state index in [2.05, 4.69) is 4.72 Å². The number of sulfonamides is 1. The number of hydrogen-bond acceptors (Lipinski definition) is 5. The van der Waals surface area contributed by atoms with E-state index in [9.17, 15) is 8.42 Å². The summed E-state index contributed by atoms with van der Waals surface area (Å²) in [6.07, 6.45) is 0. The summed E-state index contributed by atoms with van der Waals surface area (Å²) in [6, 6.07) is 11.6. The fraction of sp³-hybridized carbons (Fsp3) is 0.250. The molecule has 23 heavy (non-hydrogen) atoms. The average Bonchev–Trinajstić information content (AvgIpc) is 2.59. The van der Waals surface area contributed by atoms with Crippen molar-refractivity contribution >= 4 is 10.0 Å². The molecule has 0 heterocycles. The van der Waals surface area contributed by atoms with Crippen LogP contribution >= 0.6 is 0 Å². The Hall–Kier alpha value is -2.25. The molecule has 0 spiro atoms. The normalized spacial score (nSPS) is 11.1. The highest BCUT2D eigenvalue weighted by Gasteiger charge is 2.18. The van der Waals surface area contributed by atoms with Crippen LogP contribution in [-0.2, 0) is 16.6 Å². The number of benzene rings is 2. The molecule has 0 saturated carbocycles. The van der Waals surface area contributed by atoms with Gasteiger partial charge >= 0.3 is 0 Å². The molecule has 0 fully saturated rings. The van der Waals surface area contributed by atoms with Crippen molar-refractivity contribution in [1.82, 2.24) is 4.72 Å². The molecule has 0 aliphatic carbocycles. The maximum Gasteiger partial charge on any atom is 0.240 e. The SMILES string of the molecule is COc1ccc(CNS(=O)(=O)c2ccccc2)c(OC)c1OC. The van der Waals surface area contributed by atoms with E-state index < -0.39 is 10.0 Å². The van der Waals surface area contributed by atoms with Crippen molar-refractivity contribution in [1.29, 1.82) is 0 Å². The number of ether oxygens (including phenoxy) is 3. The highest BCUT2D eigenvalue weighted by Crippen LogP contribution is 2.39. The van der Waals surface area contributed by atoms with E-state index in [0.29, 0.717) is 22.8 Å². The molecular weight excluding hydrogens is 318 g/mol. The maximum atomic E-state index is 12.3. The predicted octanol–water partition coefficient (Wildman–Crippen LogP) is 2.19. The number of hydrogen-bond donors (Lipinski definition) is 1. The van der Waals surface area contributed by atoms with E-state index in [4.69, 9.17) is 14.2 Å². The largest absolute Gasteiger partial charge is 0.493 e. The molecule has 0 bridgehead atoms. The van der Waals surface area contributed by atoms with Crippen LogP contribution in [-0.4, -0.2) is 29.7 Å². The van der Waals surface area contributed by atoms with Crippen LogP contribution in [0.2, 0.25) is 0 Å². The third-order valence-corrected chi connectivity index (χ3v) is 4.71. The molecule has 7 heteroatoms. The first-order chi connectivity index (χ1) is 11.0. The summed E-state index contributed by atoms with van der Waals surface area (Å²) in [5.74, 6) is 1.37. The van der Waals surface area contributed by atoms with Crippen LogP contribution < -0.4 is 18.9 Å². The highest BCUT2D eigenvalue weighted by atomic mass is 32.2. The lowest BCUT2D eigenvalue weighted by molar-refractivity contribution is 0.322. The van der Waals surface area contributed by atoms with Gasteiger partial charge in [-0.3, -0.25) is 0 Å². The summed E-state index contributed by atoms with van der Waals surface area (Å²) >= 11 is 0. The summed E-state index contributed by atoms with van der Waals surface area (Å²) < 4.78 is 42.9. The predicted molar refractivity (Wildman–Crippen MR) is 86.6 cm³/mol. The smallest absolute Gasteiger partial charge is 0.240 e. The van der Waals surface area contributed by atoms with Gasteiger partial charge in [0.2, 0.25) is 15.8 Å². The third-order valence-electron chi connectivity index (χ3n) is 3.29. The fourth-order valence-electron chi connectivity index (χ4n) is 2.16. The minimum absolute atomic E-state index is 0.0702. The van der Waals surface area contributed by atoms with Crippen LogP contribution in [0.4, 0.5) is 0 Å². The zero-order chi connectivity index (χ0) is 16.9. The Morgan fingerprint density at radius 1 is 0.870 bits per heavy atom. The lowest BCUT2D eigenvalue weighted by Crippen LogP contribution is -2.23. The summed E-state index contributed by atoms with van der Waals surface area (Å²) in [7, 11) is 0.917. The van der Waals surface area contributed by atoms with E-state index in [1.807, 2.05) is 0 Å². The van der Waals surface area contributed by atoms with Gasteiger partial charge in [0.1, 0.15) is 0 Å².